The summed E-state index contributed by atoms with van der Waals surface area (Å²) < 4.78 is 4.87. The Bertz CT molecular complexity index is 355. The number of ether oxygens (including phenoxy) is 1. The maximum Gasteiger partial charge on any atom is 0.153 e. The molecule has 1 rings (SSSR count). The molecule has 5 nitrogen and oxygen atoms in total. The van der Waals surface area contributed by atoms with Gasteiger partial charge in [-0.05, 0) is 24.1 Å². The van der Waals surface area contributed by atoms with Gasteiger partial charge in [0.05, 0.1) is 6.04 Å². The smallest absolute Gasteiger partial charge is 0.153 e. The molecule has 0 aliphatic heterocycles. The normalized spacial score (nSPS) is 12.4. The molecule has 16 heavy (non-hydrogen) atoms. The number of aromatic nitrogens is 1. The van der Waals surface area contributed by atoms with Gasteiger partial charge in [0.1, 0.15) is 5.82 Å². The second-order valence-electron chi connectivity index (χ2n) is 3.62. The standard InChI is InChI=1S/C11H17N3O2/c1-16-5-3-9(12)10(15)6-8-2-4-14-11(13)7-8/h2,4,7,9H,3,5-6,12H2,1H3,(H2,13,14). The van der Waals surface area contributed by atoms with Gasteiger partial charge in [-0.3, -0.25) is 4.79 Å². The van der Waals surface area contributed by atoms with E-state index in [0.717, 1.165) is 5.56 Å². The van der Waals surface area contributed by atoms with Gasteiger partial charge in [-0.15, -0.1) is 0 Å². The van der Waals surface area contributed by atoms with Gasteiger partial charge in [0.2, 0.25) is 0 Å². The molecule has 1 unspecified atom stereocenters. The Morgan fingerprint density at radius 2 is 2.38 bits per heavy atom. The SMILES string of the molecule is COCCC(N)C(=O)Cc1ccnc(N)c1. The van der Waals surface area contributed by atoms with Crippen LogP contribution in [0.4, 0.5) is 5.82 Å². The number of pyridine rings is 1. The number of carbonyl (C=O) groups excluding carboxylic acids is 1. The summed E-state index contributed by atoms with van der Waals surface area (Å²) in [6, 6.07) is 2.97. The van der Waals surface area contributed by atoms with E-state index in [4.69, 9.17) is 16.2 Å². The number of methoxy groups -OCH3 is 1. The number of nitrogens with zero attached hydrogens (tertiary/aromatic N) is 1. The highest BCUT2D eigenvalue weighted by molar-refractivity contribution is 5.85. The molecule has 0 radical (unpaired) electrons. The molecule has 1 atom stereocenters. The highest BCUT2D eigenvalue weighted by Gasteiger charge is 2.13. The maximum absolute atomic E-state index is 11.7. The molecule has 0 aliphatic rings. The predicted molar refractivity (Wildman–Crippen MR) is 61.8 cm³/mol. The zero-order chi connectivity index (χ0) is 12.0. The van der Waals surface area contributed by atoms with Crippen LogP contribution in [0, 0.1) is 0 Å². The van der Waals surface area contributed by atoms with E-state index in [0.29, 0.717) is 18.8 Å². The van der Waals surface area contributed by atoms with Crippen molar-refractivity contribution in [3.63, 3.8) is 0 Å². The van der Waals surface area contributed by atoms with Crippen LogP contribution >= 0.6 is 0 Å². The number of carbonyl (C=O) groups is 1. The molecule has 1 aromatic heterocycles. The quantitative estimate of drug-likeness (QED) is 0.715. The number of ketones is 1. The summed E-state index contributed by atoms with van der Waals surface area (Å²) in [6.45, 7) is 0.491. The fraction of sp³-hybridized carbons (Fsp3) is 0.455. The summed E-state index contributed by atoms with van der Waals surface area (Å²) in [4.78, 5) is 15.5. The van der Waals surface area contributed by atoms with Gasteiger partial charge in [0, 0.05) is 26.3 Å². The van der Waals surface area contributed by atoms with E-state index in [-0.39, 0.29) is 12.2 Å². The summed E-state index contributed by atoms with van der Waals surface area (Å²) in [5.41, 5.74) is 12.1. The summed E-state index contributed by atoms with van der Waals surface area (Å²) in [7, 11) is 1.58. The van der Waals surface area contributed by atoms with E-state index in [1.807, 2.05) is 0 Å². The lowest BCUT2D eigenvalue weighted by atomic mass is 10.0. The van der Waals surface area contributed by atoms with Crippen molar-refractivity contribution in [1.82, 2.24) is 4.98 Å². The summed E-state index contributed by atoms with van der Waals surface area (Å²) in [5.74, 6) is 0.401. The fourth-order valence-electron chi connectivity index (χ4n) is 1.34. The van der Waals surface area contributed by atoms with Crippen molar-refractivity contribution < 1.29 is 9.53 Å². The van der Waals surface area contributed by atoms with Crippen molar-refractivity contribution in [2.75, 3.05) is 19.5 Å². The lowest BCUT2D eigenvalue weighted by Gasteiger charge is -2.09. The predicted octanol–water partition coefficient (Wildman–Crippen LogP) is 0.139. The van der Waals surface area contributed by atoms with Gasteiger partial charge in [-0.2, -0.15) is 0 Å². The Balaban J connectivity index is 2.50. The molecule has 0 aromatic carbocycles. The first kappa shape index (κ1) is 12.6. The van der Waals surface area contributed by atoms with Crippen LogP contribution in [-0.4, -0.2) is 30.5 Å². The Labute approximate surface area is 94.8 Å². The second kappa shape index (κ2) is 6.19. The zero-order valence-electron chi connectivity index (χ0n) is 9.35. The molecular formula is C11H17N3O2. The third-order valence-corrected chi connectivity index (χ3v) is 2.27. The third-order valence-electron chi connectivity index (χ3n) is 2.27. The largest absolute Gasteiger partial charge is 0.385 e. The van der Waals surface area contributed by atoms with Gasteiger partial charge < -0.3 is 16.2 Å². The minimum absolute atomic E-state index is 0.0114. The molecule has 0 spiro atoms. The number of hydrogen-bond donors (Lipinski definition) is 2. The molecular weight excluding hydrogens is 206 g/mol. The van der Waals surface area contributed by atoms with Crippen LogP contribution in [0.5, 0.6) is 0 Å². The van der Waals surface area contributed by atoms with Crippen LogP contribution in [-0.2, 0) is 16.0 Å². The Hall–Kier alpha value is -1.46. The summed E-state index contributed by atoms with van der Waals surface area (Å²) >= 11 is 0. The Morgan fingerprint density at radius 3 is 3.00 bits per heavy atom. The molecule has 1 heterocycles. The number of nitrogens with two attached hydrogens (primary N) is 2. The van der Waals surface area contributed by atoms with Gasteiger partial charge >= 0.3 is 0 Å². The van der Waals surface area contributed by atoms with Crippen LogP contribution in [0.25, 0.3) is 0 Å². The Morgan fingerprint density at radius 1 is 1.62 bits per heavy atom. The Kier molecular flexibility index (Phi) is 4.88. The summed E-state index contributed by atoms with van der Waals surface area (Å²) in [6.07, 6.45) is 2.41. The van der Waals surface area contributed by atoms with Crippen molar-refractivity contribution in [3.05, 3.63) is 23.9 Å². The molecule has 4 N–H and O–H groups in total. The van der Waals surface area contributed by atoms with E-state index in [2.05, 4.69) is 4.98 Å². The van der Waals surface area contributed by atoms with Crippen LogP contribution in [0.3, 0.4) is 0 Å². The molecule has 88 valence electrons. The average molecular weight is 223 g/mol. The van der Waals surface area contributed by atoms with Crippen molar-refractivity contribution in [3.8, 4) is 0 Å². The number of Topliss-reactive ketones (excluding diaryl/α,β-unsaturated/α-hetero) is 1. The van der Waals surface area contributed by atoms with E-state index < -0.39 is 6.04 Å². The molecule has 0 amide bonds. The lowest BCUT2D eigenvalue weighted by Crippen LogP contribution is -2.32. The number of rotatable bonds is 6. The summed E-state index contributed by atoms with van der Waals surface area (Å²) in [5, 5.41) is 0. The van der Waals surface area contributed by atoms with E-state index in [9.17, 15) is 4.79 Å². The number of hydrogen-bond acceptors (Lipinski definition) is 5. The highest BCUT2D eigenvalue weighted by Crippen LogP contribution is 2.06. The second-order valence-corrected chi connectivity index (χ2v) is 3.62. The fourth-order valence-corrected chi connectivity index (χ4v) is 1.34. The molecule has 0 bridgehead atoms. The van der Waals surface area contributed by atoms with Crippen LogP contribution in [0.1, 0.15) is 12.0 Å². The first-order valence-electron chi connectivity index (χ1n) is 5.11. The van der Waals surface area contributed by atoms with E-state index >= 15 is 0 Å². The van der Waals surface area contributed by atoms with Crippen molar-refractivity contribution in [2.24, 2.45) is 5.73 Å². The third kappa shape index (κ3) is 3.96. The molecule has 0 fully saturated rings. The van der Waals surface area contributed by atoms with Crippen molar-refractivity contribution in [2.45, 2.75) is 18.9 Å². The molecule has 5 heteroatoms. The monoisotopic (exact) mass is 223 g/mol. The first-order chi connectivity index (χ1) is 7.63. The van der Waals surface area contributed by atoms with Crippen molar-refractivity contribution >= 4 is 11.6 Å². The maximum atomic E-state index is 11.7. The zero-order valence-corrected chi connectivity index (χ0v) is 9.35. The molecule has 0 saturated heterocycles. The van der Waals surface area contributed by atoms with Crippen LogP contribution in [0.2, 0.25) is 0 Å². The molecule has 0 saturated carbocycles. The first-order valence-corrected chi connectivity index (χ1v) is 5.11. The van der Waals surface area contributed by atoms with E-state index in [1.54, 1.807) is 25.4 Å². The van der Waals surface area contributed by atoms with Gasteiger partial charge in [0.25, 0.3) is 0 Å². The van der Waals surface area contributed by atoms with Gasteiger partial charge in [-0.25, -0.2) is 4.98 Å². The minimum Gasteiger partial charge on any atom is -0.385 e. The van der Waals surface area contributed by atoms with Gasteiger partial charge in [0.15, 0.2) is 5.78 Å². The van der Waals surface area contributed by atoms with Gasteiger partial charge in [-0.1, -0.05) is 0 Å². The number of nitrogen functional groups attached to an aromatic ring is 1. The minimum atomic E-state index is -0.477. The van der Waals surface area contributed by atoms with E-state index in [1.165, 1.54) is 0 Å². The molecule has 0 aliphatic carbocycles. The average Bonchev–Trinajstić information content (AvgIpc) is 2.25. The van der Waals surface area contributed by atoms with Crippen LogP contribution in [0.15, 0.2) is 18.3 Å². The highest BCUT2D eigenvalue weighted by atomic mass is 16.5. The van der Waals surface area contributed by atoms with Crippen molar-refractivity contribution in [1.29, 1.82) is 0 Å². The lowest BCUT2D eigenvalue weighted by molar-refractivity contribution is -0.120. The van der Waals surface area contributed by atoms with Crippen LogP contribution < -0.4 is 11.5 Å². The topological polar surface area (TPSA) is 91.2 Å². The molecule has 1 aromatic rings. The number of anilines is 1.